The Balaban J connectivity index is 1.61. The molecular weight excluding hydrogens is 266 g/mol. The van der Waals surface area contributed by atoms with E-state index in [4.69, 9.17) is 4.42 Å². The van der Waals surface area contributed by atoms with Crippen LogP contribution in [0, 0.1) is 6.92 Å². The summed E-state index contributed by atoms with van der Waals surface area (Å²) in [5.74, 6) is 1.26. The van der Waals surface area contributed by atoms with Gasteiger partial charge in [-0.15, -0.1) is 10.2 Å². The van der Waals surface area contributed by atoms with Gasteiger partial charge in [-0.1, -0.05) is 30.3 Å². The SMILES string of the molecule is Cc1nnc(CN2CCC[C@H]2C[C@H](O)c2ccccc2)o1. The Hall–Kier alpha value is -1.72. The van der Waals surface area contributed by atoms with Crippen LogP contribution in [0.5, 0.6) is 0 Å². The number of benzene rings is 1. The van der Waals surface area contributed by atoms with Crippen LogP contribution in [0.4, 0.5) is 0 Å². The molecule has 0 spiro atoms. The maximum Gasteiger partial charge on any atom is 0.230 e. The van der Waals surface area contributed by atoms with Gasteiger partial charge in [-0.25, -0.2) is 0 Å². The normalized spacial score (nSPS) is 20.8. The first-order chi connectivity index (χ1) is 10.2. The minimum Gasteiger partial charge on any atom is -0.424 e. The van der Waals surface area contributed by atoms with Crippen molar-refractivity contribution in [1.29, 1.82) is 0 Å². The Morgan fingerprint density at radius 3 is 2.86 bits per heavy atom. The second-order valence-corrected chi connectivity index (χ2v) is 5.64. The molecule has 1 aromatic heterocycles. The van der Waals surface area contributed by atoms with Gasteiger partial charge in [-0.2, -0.15) is 0 Å². The van der Waals surface area contributed by atoms with Gasteiger partial charge in [0.2, 0.25) is 11.8 Å². The Bertz CT molecular complexity index is 570. The summed E-state index contributed by atoms with van der Waals surface area (Å²) in [6.07, 6.45) is 2.59. The molecule has 0 radical (unpaired) electrons. The average molecular weight is 287 g/mol. The molecule has 0 aliphatic carbocycles. The van der Waals surface area contributed by atoms with Crippen LogP contribution >= 0.6 is 0 Å². The lowest BCUT2D eigenvalue weighted by Gasteiger charge is -2.25. The quantitative estimate of drug-likeness (QED) is 0.915. The summed E-state index contributed by atoms with van der Waals surface area (Å²) in [4.78, 5) is 2.33. The van der Waals surface area contributed by atoms with Gasteiger partial charge >= 0.3 is 0 Å². The molecule has 1 fully saturated rings. The van der Waals surface area contributed by atoms with Gasteiger partial charge in [0.25, 0.3) is 0 Å². The molecule has 5 nitrogen and oxygen atoms in total. The largest absolute Gasteiger partial charge is 0.424 e. The molecule has 0 unspecified atom stereocenters. The van der Waals surface area contributed by atoms with E-state index >= 15 is 0 Å². The highest BCUT2D eigenvalue weighted by Crippen LogP contribution is 2.28. The van der Waals surface area contributed by atoms with Crippen molar-refractivity contribution in [2.75, 3.05) is 6.54 Å². The van der Waals surface area contributed by atoms with Gasteiger partial charge in [-0.05, 0) is 31.4 Å². The minimum atomic E-state index is -0.416. The molecule has 1 aromatic carbocycles. The lowest BCUT2D eigenvalue weighted by atomic mass is 10.0. The summed E-state index contributed by atoms with van der Waals surface area (Å²) in [6.45, 7) is 3.50. The Morgan fingerprint density at radius 2 is 2.14 bits per heavy atom. The highest BCUT2D eigenvalue weighted by atomic mass is 16.4. The van der Waals surface area contributed by atoms with Crippen molar-refractivity contribution in [1.82, 2.24) is 15.1 Å². The first kappa shape index (κ1) is 14.2. The molecule has 112 valence electrons. The average Bonchev–Trinajstić information content (AvgIpc) is 3.10. The number of aromatic nitrogens is 2. The van der Waals surface area contributed by atoms with E-state index in [2.05, 4.69) is 15.1 Å². The van der Waals surface area contributed by atoms with Gasteiger partial charge in [0.15, 0.2) is 0 Å². The van der Waals surface area contributed by atoms with Crippen molar-refractivity contribution in [2.45, 2.75) is 44.9 Å². The summed E-state index contributed by atoms with van der Waals surface area (Å²) in [5.41, 5.74) is 0.984. The van der Waals surface area contributed by atoms with Crippen LogP contribution in [-0.4, -0.2) is 32.8 Å². The van der Waals surface area contributed by atoms with Crippen LogP contribution in [-0.2, 0) is 6.54 Å². The van der Waals surface area contributed by atoms with Crippen molar-refractivity contribution < 1.29 is 9.52 Å². The van der Waals surface area contributed by atoms with E-state index in [1.54, 1.807) is 6.92 Å². The number of aryl methyl sites for hydroxylation is 1. The maximum absolute atomic E-state index is 10.4. The number of likely N-dealkylation sites (tertiary alicyclic amines) is 1. The van der Waals surface area contributed by atoms with Gasteiger partial charge in [-0.3, -0.25) is 4.90 Å². The minimum absolute atomic E-state index is 0.368. The zero-order valence-electron chi connectivity index (χ0n) is 12.3. The molecular formula is C16H21N3O2. The highest BCUT2D eigenvalue weighted by Gasteiger charge is 2.28. The van der Waals surface area contributed by atoms with Crippen LogP contribution in [0.1, 0.15) is 42.7 Å². The van der Waals surface area contributed by atoms with Crippen molar-refractivity contribution in [2.24, 2.45) is 0 Å². The van der Waals surface area contributed by atoms with Crippen LogP contribution in [0.25, 0.3) is 0 Å². The predicted octanol–water partition coefficient (Wildman–Crippen LogP) is 2.47. The first-order valence-corrected chi connectivity index (χ1v) is 7.48. The molecule has 5 heteroatoms. The van der Waals surface area contributed by atoms with E-state index in [9.17, 15) is 5.11 Å². The highest BCUT2D eigenvalue weighted by molar-refractivity contribution is 5.17. The number of rotatable bonds is 5. The maximum atomic E-state index is 10.4. The van der Waals surface area contributed by atoms with Gasteiger partial charge in [0.05, 0.1) is 12.6 Å². The van der Waals surface area contributed by atoms with E-state index < -0.39 is 6.10 Å². The summed E-state index contributed by atoms with van der Waals surface area (Å²) >= 11 is 0. The molecule has 3 rings (SSSR count). The monoisotopic (exact) mass is 287 g/mol. The molecule has 21 heavy (non-hydrogen) atoms. The standard InChI is InChI=1S/C16H21N3O2/c1-12-17-18-16(21-12)11-19-9-5-8-14(19)10-15(20)13-6-3-2-4-7-13/h2-4,6-7,14-15,20H,5,8-11H2,1H3/t14-,15-/m0/s1. The van der Waals surface area contributed by atoms with Crippen LogP contribution < -0.4 is 0 Å². The summed E-state index contributed by atoms with van der Waals surface area (Å²) in [5, 5.41) is 18.3. The topological polar surface area (TPSA) is 62.4 Å². The Morgan fingerprint density at radius 1 is 1.33 bits per heavy atom. The van der Waals surface area contributed by atoms with Crippen LogP contribution in [0.3, 0.4) is 0 Å². The van der Waals surface area contributed by atoms with E-state index in [1.807, 2.05) is 30.3 Å². The molecule has 0 amide bonds. The fraction of sp³-hybridized carbons (Fsp3) is 0.500. The van der Waals surface area contributed by atoms with Crippen LogP contribution in [0.2, 0.25) is 0 Å². The molecule has 1 aliphatic heterocycles. The lowest BCUT2D eigenvalue weighted by Crippen LogP contribution is -2.30. The molecule has 0 saturated carbocycles. The second kappa shape index (κ2) is 6.37. The van der Waals surface area contributed by atoms with E-state index in [-0.39, 0.29) is 0 Å². The lowest BCUT2D eigenvalue weighted by molar-refractivity contribution is 0.113. The number of hydrogen-bond donors (Lipinski definition) is 1. The summed E-state index contributed by atoms with van der Waals surface area (Å²) in [6, 6.07) is 10.2. The first-order valence-electron chi connectivity index (χ1n) is 7.48. The van der Waals surface area contributed by atoms with Gasteiger partial charge in [0, 0.05) is 13.0 Å². The summed E-state index contributed by atoms with van der Waals surface area (Å²) < 4.78 is 5.46. The van der Waals surface area contributed by atoms with Gasteiger partial charge < -0.3 is 9.52 Å². The molecule has 2 heterocycles. The van der Waals surface area contributed by atoms with Crippen molar-refractivity contribution in [3.63, 3.8) is 0 Å². The third-order valence-corrected chi connectivity index (χ3v) is 4.08. The molecule has 0 bridgehead atoms. The second-order valence-electron chi connectivity index (χ2n) is 5.64. The Labute approximate surface area is 124 Å². The van der Waals surface area contributed by atoms with E-state index in [0.717, 1.165) is 31.4 Å². The van der Waals surface area contributed by atoms with Crippen LogP contribution in [0.15, 0.2) is 34.7 Å². The number of nitrogens with zero attached hydrogens (tertiary/aromatic N) is 3. The van der Waals surface area contributed by atoms with Crippen molar-refractivity contribution in [3.05, 3.63) is 47.7 Å². The summed E-state index contributed by atoms with van der Waals surface area (Å²) in [7, 11) is 0. The van der Waals surface area contributed by atoms with E-state index in [1.165, 1.54) is 0 Å². The zero-order chi connectivity index (χ0) is 14.7. The smallest absolute Gasteiger partial charge is 0.230 e. The fourth-order valence-corrected chi connectivity index (χ4v) is 3.01. The Kier molecular flexibility index (Phi) is 4.31. The molecule has 2 aromatic rings. The molecule has 1 saturated heterocycles. The fourth-order valence-electron chi connectivity index (χ4n) is 3.01. The molecule has 1 N–H and O–H groups in total. The predicted molar refractivity (Wildman–Crippen MR) is 78.5 cm³/mol. The van der Waals surface area contributed by atoms with Crippen molar-refractivity contribution in [3.8, 4) is 0 Å². The molecule has 1 aliphatic rings. The zero-order valence-corrected chi connectivity index (χ0v) is 12.3. The van der Waals surface area contributed by atoms with E-state index in [0.29, 0.717) is 24.4 Å². The third kappa shape index (κ3) is 3.49. The number of hydrogen-bond acceptors (Lipinski definition) is 5. The molecule has 2 atom stereocenters. The van der Waals surface area contributed by atoms with Crippen molar-refractivity contribution >= 4 is 0 Å². The third-order valence-electron chi connectivity index (χ3n) is 4.08. The number of aliphatic hydroxyl groups is 1. The van der Waals surface area contributed by atoms with Gasteiger partial charge in [0.1, 0.15) is 0 Å². The number of aliphatic hydroxyl groups excluding tert-OH is 1.